The molecule has 0 bridgehead atoms. The summed E-state index contributed by atoms with van der Waals surface area (Å²) in [5, 5.41) is 32.6. The average molecular weight is 472 g/mol. The largest absolute Gasteiger partial charge is 0.573 e. The first-order valence-corrected chi connectivity index (χ1v) is 9.81. The maximum atomic E-state index is 13.0. The fourth-order valence-electron chi connectivity index (χ4n) is 3.42. The molecule has 1 heterocycles. The Kier molecular flexibility index (Phi) is 7.44. The number of aliphatic hydroxyl groups is 3. The van der Waals surface area contributed by atoms with E-state index in [4.69, 9.17) is 15.2 Å². The van der Waals surface area contributed by atoms with Crippen molar-refractivity contribution in [1.29, 1.82) is 0 Å². The number of rotatable bonds is 6. The topological polar surface area (TPSA) is 144 Å². The van der Waals surface area contributed by atoms with Gasteiger partial charge in [-0.25, -0.2) is 0 Å². The van der Waals surface area contributed by atoms with E-state index < -0.39 is 49.2 Å². The van der Waals surface area contributed by atoms with Crippen molar-refractivity contribution in [2.45, 2.75) is 36.8 Å². The van der Waals surface area contributed by atoms with Crippen molar-refractivity contribution in [3.05, 3.63) is 53.6 Å². The molecule has 0 unspecified atom stereocenters. The monoisotopic (exact) mass is 472 g/mol. The third-order valence-electron chi connectivity index (χ3n) is 5.06. The van der Waals surface area contributed by atoms with Crippen LogP contribution in [0, 0.1) is 0 Å². The third-order valence-corrected chi connectivity index (χ3v) is 5.06. The summed E-state index contributed by atoms with van der Waals surface area (Å²) < 4.78 is 54.1. The predicted molar refractivity (Wildman–Crippen MR) is 108 cm³/mol. The van der Waals surface area contributed by atoms with Crippen molar-refractivity contribution < 1.29 is 47.5 Å². The van der Waals surface area contributed by atoms with Crippen LogP contribution in [0.4, 0.5) is 13.2 Å². The first-order valence-electron chi connectivity index (χ1n) is 9.81. The second-order valence-electron chi connectivity index (χ2n) is 7.29. The van der Waals surface area contributed by atoms with Gasteiger partial charge in [0.05, 0.1) is 18.8 Å². The van der Waals surface area contributed by atoms with Gasteiger partial charge in [0.25, 0.3) is 5.91 Å². The molecule has 33 heavy (non-hydrogen) atoms. The van der Waals surface area contributed by atoms with Gasteiger partial charge in [-0.1, -0.05) is 6.07 Å². The summed E-state index contributed by atoms with van der Waals surface area (Å²) in [5.41, 5.74) is 5.73. The molecular weight excluding hydrogens is 449 g/mol. The number of aliphatic hydroxyl groups excluding tert-OH is 3. The van der Waals surface area contributed by atoms with Gasteiger partial charge < -0.3 is 40.6 Å². The number of nitrogens with two attached hydrogens (primary N) is 1. The van der Waals surface area contributed by atoms with E-state index in [9.17, 15) is 33.3 Å². The SMILES string of the molecule is CNC(=O)c1cccc(Oc2ccc(OC(F)(F)F)c([C@H]3O[C@H](CO)[C@@H](N)[C@H](O)[C@@H]3O)c2)c1. The summed E-state index contributed by atoms with van der Waals surface area (Å²) >= 11 is 0. The number of amides is 1. The molecule has 0 radical (unpaired) electrons. The summed E-state index contributed by atoms with van der Waals surface area (Å²) in [6, 6.07) is 8.18. The lowest BCUT2D eigenvalue weighted by Crippen LogP contribution is -2.59. The molecule has 1 amide bonds. The molecule has 9 nitrogen and oxygen atoms in total. The highest BCUT2D eigenvalue weighted by Gasteiger charge is 2.45. The molecule has 6 N–H and O–H groups in total. The molecule has 0 saturated carbocycles. The average Bonchev–Trinajstić information content (AvgIpc) is 2.77. The molecular formula is C21H23F3N2O7. The zero-order valence-corrected chi connectivity index (χ0v) is 17.3. The highest BCUT2D eigenvalue weighted by molar-refractivity contribution is 5.94. The van der Waals surface area contributed by atoms with Crippen LogP contribution < -0.4 is 20.5 Å². The van der Waals surface area contributed by atoms with Crippen molar-refractivity contribution in [1.82, 2.24) is 5.32 Å². The van der Waals surface area contributed by atoms with E-state index in [1.807, 2.05) is 0 Å². The molecule has 12 heteroatoms. The molecule has 1 aliphatic rings. The fourth-order valence-corrected chi connectivity index (χ4v) is 3.42. The summed E-state index contributed by atoms with van der Waals surface area (Å²) in [6.07, 6.45) is -11.0. The summed E-state index contributed by atoms with van der Waals surface area (Å²) in [5.74, 6) is -0.812. The van der Waals surface area contributed by atoms with Crippen LogP contribution in [-0.4, -0.2) is 65.6 Å². The fraction of sp³-hybridized carbons (Fsp3) is 0.381. The minimum atomic E-state index is -5.05. The standard InChI is InChI=1S/C21H23F3N2O7/c1-26-20(30)10-3-2-4-11(7-10)31-12-5-6-14(33-21(22,23)24)13(8-12)19-18(29)17(28)16(25)15(9-27)32-19/h2-8,15-19,27-29H,9,25H2,1H3,(H,26,30)/t15-,16-,17+,18+,19-/m1/s1. The number of halogens is 3. The lowest BCUT2D eigenvalue weighted by molar-refractivity contribution is -0.275. The predicted octanol–water partition coefficient (Wildman–Crippen LogP) is 1.22. The number of carbonyl (C=O) groups is 1. The molecule has 180 valence electrons. The first-order chi connectivity index (χ1) is 15.5. The smallest absolute Gasteiger partial charge is 0.457 e. The summed E-state index contributed by atoms with van der Waals surface area (Å²) in [6.45, 7) is -0.640. The molecule has 1 aliphatic heterocycles. The van der Waals surface area contributed by atoms with E-state index in [0.29, 0.717) is 5.56 Å². The Hall–Kier alpha value is -2.90. The Morgan fingerprint density at radius 3 is 2.48 bits per heavy atom. The third kappa shape index (κ3) is 5.72. The Balaban J connectivity index is 1.99. The molecule has 1 fully saturated rings. The highest BCUT2D eigenvalue weighted by atomic mass is 19.4. The van der Waals surface area contributed by atoms with E-state index in [1.165, 1.54) is 25.2 Å². The van der Waals surface area contributed by atoms with Crippen molar-refractivity contribution in [2.24, 2.45) is 5.73 Å². The van der Waals surface area contributed by atoms with Gasteiger partial charge in [0, 0.05) is 18.2 Å². The van der Waals surface area contributed by atoms with Gasteiger partial charge in [0.1, 0.15) is 35.6 Å². The molecule has 1 saturated heterocycles. The van der Waals surface area contributed by atoms with Gasteiger partial charge in [-0.05, 0) is 36.4 Å². The van der Waals surface area contributed by atoms with E-state index >= 15 is 0 Å². The first kappa shape index (κ1) is 24.7. The molecule has 2 aromatic rings. The van der Waals surface area contributed by atoms with Crippen LogP contribution in [0.3, 0.4) is 0 Å². The van der Waals surface area contributed by atoms with Gasteiger partial charge in [0.2, 0.25) is 0 Å². The zero-order chi connectivity index (χ0) is 24.3. The summed E-state index contributed by atoms with van der Waals surface area (Å²) in [7, 11) is 1.46. The maximum Gasteiger partial charge on any atom is 0.573 e. The number of carbonyl (C=O) groups excluding carboxylic acids is 1. The molecule has 5 atom stereocenters. The normalized spacial score (nSPS) is 25.4. The number of alkyl halides is 3. The van der Waals surface area contributed by atoms with Crippen LogP contribution in [0.1, 0.15) is 22.0 Å². The molecule has 0 spiro atoms. The van der Waals surface area contributed by atoms with Gasteiger partial charge >= 0.3 is 6.36 Å². The van der Waals surface area contributed by atoms with Gasteiger partial charge in [-0.15, -0.1) is 13.2 Å². The minimum Gasteiger partial charge on any atom is -0.457 e. The Morgan fingerprint density at radius 2 is 1.85 bits per heavy atom. The Bertz CT molecular complexity index is 987. The van der Waals surface area contributed by atoms with Crippen molar-refractivity contribution in [3.63, 3.8) is 0 Å². The van der Waals surface area contributed by atoms with Crippen LogP contribution in [0.25, 0.3) is 0 Å². The molecule has 0 aromatic heterocycles. The number of hydrogen-bond acceptors (Lipinski definition) is 8. The lowest BCUT2D eigenvalue weighted by atomic mass is 9.89. The van der Waals surface area contributed by atoms with Gasteiger partial charge in [-0.2, -0.15) is 0 Å². The van der Waals surface area contributed by atoms with Crippen molar-refractivity contribution >= 4 is 5.91 Å². The van der Waals surface area contributed by atoms with Crippen molar-refractivity contribution in [2.75, 3.05) is 13.7 Å². The summed E-state index contributed by atoms with van der Waals surface area (Å²) in [4.78, 5) is 11.8. The van der Waals surface area contributed by atoms with Gasteiger partial charge in [-0.3, -0.25) is 4.79 Å². The number of benzene rings is 2. The zero-order valence-electron chi connectivity index (χ0n) is 17.3. The second kappa shape index (κ2) is 9.93. The number of ether oxygens (including phenoxy) is 3. The van der Waals surface area contributed by atoms with E-state index in [-0.39, 0.29) is 23.0 Å². The van der Waals surface area contributed by atoms with E-state index in [0.717, 1.165) is 12.1 Å². The number of hydrogen-bond donors (Lipinski definition) is 5. The molecule has 3 rings (SSSR count). The quantitative estimate of drug-likeness (QED) is 0.422. The Labute approximate surface area is 186 Å². The van der Waals surface area contributed by atoms with Crippen LogP contribution in [-0.2, 0) is 4.74 Å². The van der Waals surface area contributed by atoms with Crippen LogP contribution in [0.2, 0.25) is 0 Å². The van der Waals surface area contributed by atoms with E-state index in [1.54, 1.807) is 12.1 Å². The van der Waals surface area contributed by atoms with Crippen LogP contribution in [0.15, 0.2) is 42.5 Å². The van der Waals surface area contributed by atoms with Crippen LogP contribution >= 0.6 is 0 Å². The van der Waals surface area contributed by atoms with Gasteiger partial charge in [0.15, 0.2) is 0 Å². The van der Waals surface area contributed by atoms with E-state index in [2.05, 4.69) is 10.1 Å². The van der Waals surface area contributed by atoms with Crippen molar-refractivity contribution in [3.8, 4) is 17.2 Å². The highest BCUT2D eigenvalue weighted by Crippen LogP contribution is 2.40. The molecule has 0 aliphatic carbocycles. The number of nitrogens with one attached hydrogen (secondary N) is 1. The lowest BCUT2D eigenvalue weighted by Gasteiger charge is -2.41. The second-order valence-corrected chi connectivity index (χ2v) is 7.29. The maximum absolute atomic E-state index is 13.0. The Morgan fingerprint density at radius 1 is 1.15 bits per heavy atom. The van der Waals surface area contributed by atoms with Crippen LogP contribution in [0.5, 0.6) is 17.2 Å². The molecule has 2 aromatic carbocycles. The minimum absolute atomic E-state index is 0.0364.